The first-order chi connectivity index (χ1) is 14.5. The van der Waals surface area contributed by atoms with Gasteiger partial charge in [0.2, 0.25) is 11.8 Å². The molecule has 1 aliphatic heterocycles. The van der Waals surface area contributed by atoms with Crippen LogP contribution in [0.15, 0.2) is 54.6 Å². The summed E-state index contributed by atoms with van der Waals surface area (Å²) in [6, 6.07) is 18.1. The maximum atomic E-state index is 13.6. The van der Waals surface area contributed by atoms with E-state index in [-0.39, 0.29) is 30.3 Å². The van der Waals surface area contributed by atoms with Crippen LogP contribution in [0, 0.1) is 5.41 Å². The Labute approximate surface area is 178 Å². The monoisotopic (exact) mass is 406 g/mol. The van der Waals surface area contributed by atoms with Gasteiger partial charge in [-0.05, 0) is 44.4 Å². The maximum absolute atomic E-state index is 13.6. The molecule has 1 aliphatic carbocycles. The third-order valence-corrected chi connectivity index (χ3v) is 6.40. The van der Waals surface area contributed by atoms with Crippen molar-refractivity contribution in [3.05, 3.63) is 65.7 Å². The zero-order valence-corrected chi connectivity index (χ0v) is 18.0. The molecule has 2 aliphatic rings. The van der Waals surface area contributed by atoms with Crippen molar-refractivity contribution in [2.75, 3.05) is 24.6 Å². The van der Waals surface area contributed by atoms with Gasteiger partial charge in [0.15, 0.2) is 0 Å². The molecule has 158 valence electrons. The van der Waals surface area contributed by atoms with Crippen LogP contribution in [0.4, 0.5) is 5.69 Å². The molecule has 0 unspecified atom stereocenters. The predicted octanol–water partition coefficient (Wildman–Crippen LogP) is 3.98. The maximum Gasteiger partial charge on any atom is 0.242 e. The molecule has 2 aromatic rings. The number of para-hydroxylation sites is 1. The van der Waals surface area contributed by atoms with E-state index in [1.54, 1.807) is 4.90 Å². The molecular weight excluding hydrogens is 376 g/mol. The Hall–Kier alpha value is -2.66. The first-order valence-corrected chi connectivity index (χ1v) is 10.8. The topological polar surface area (TPSA) is 49.9 Å². The second-order valence-corrected chi connectivity index (χ2v) is 8.61. The van der Waals surface area contributed by atoms with Gasteiger partial charge in [-0.1, -0.05) is 48.5 Å². The summed E-state index contributed by atoms with van der Waals surface area (Å²) >= 11 is 0. The number of hydrogen-bond acceptors (Lipinski definition) is 3. The highest BCUT2D eigenvalue weighted by Gasteiger charge is 2.65. The Kier molecular flexibility index (Phi) is 5.65. The first-order valence-electron chi connectivity index (χ1n) is 10.8. The number of fused-ring (bicyclic) bond motifs is 3. The van der Waals surface area contributed by atoms with Gasteiger partial charge in [-0.3, -0.25) is 9.59 Å². The van der Waals surface area contributed by atoms with Gasteiger partial charge < -0.3 is 14.5 Å². The Bertz CT molecular complexity index is 927. The van der Waals surface area contributed by atoms with Crippen molar-refractivity contribution in [3.8, 4) is 0 Å². The van der Waals surface area contributed by atoms with Crippen LogP contribution in [0.5, 0.6) is 0 Å². The summed E-state index contributed by atoms with van der Waals surface area (Å²) in [4.78, 5) is 30.1. The lowest BCUT2D eigenvalue weighted by atomic mass is 9.91. The fourth-order valence-electron chi connectivity index (χ4n) is 4.71. The van der Waals surface area contributed by atoms with Gasteiger partial charge in [0.05, 0.1) is 18.6 Å². The largest absolute Gasteiger partial charge is 0.376 e. The van der Waals surface area contributed by atoms with Crippen LogP contribution in [0.3, 0.4) is 0 Å². The molecule has 0 spiro atoms. The fraction of sp³-hybridized carbons (Fsp3) is 0.440. The summed E-state index contributed by atoms with van der Waals surface area (Å²) in [5, 5.41) is 0. The number of likely N-dealkylation sites (N-methyl/N-ethyl adjacent to an activating group) is 1. The standard InChI is InChI=1S/C25H30N2O3/c1-4-26(18(2)3)23(28)15-27-22-13-9-8-12-20(22)21-14-25(21,24(27)29)17-30-16-19-10-6-5-7-11-19/h5-13,18,21H,4,14-17H2,1-3H3/t21-,25+/m0/s1. The van der Waals surface area contributed by atoms with E-state index in [9.17, 15) is 9.59 Å². The van der Waals surface area contributed by atoms with Crippen molar-refractivity contribution in [2.45, 2.75) is 45.8 Å². The smallest absolute Gasteiger partial charge is 0.242 e. The van der Waals surface area contributed by atoms with E-state index in [1.165, 1.54) is 0 Å². The first kappa shape index (κ1) is 20.6. The number of nitrogens with zero attached hydrogens (tertiary/aromatic N) is 2. The number of ether oxygens (including phenoxy) is 1. The van der Waals surface area contributed by atoms with Crippen molar-refractivity contribution in [1.82, 2.24) is 4.90 Å². The number of carbonyl (C=O) groups excluding carboxylic acids is 2. The minimum atomic E-state index is -0.543. The van der Waals surface area contributed by atoms with Gasteiger partial charge in [-0.25, -0.2) is 0 Å². The summed E-state index contributed by atoms with van der Waals surface area (Å²) in [6.07, 6.45) is 0.782. The fourth-order valence-corrected chi connectivity index (χ4v) is 4.71. The van der Waals surface area contributed by atoms with Gasteiger partial charge in [0, 0.05) is 24.2 Å². The van der Waals surface area contributed by atoms with Gasteiger partial charge in [-0.15, -0.1) is 0 Å². The number of anilines is 1. The van der Waals surface area contributed by atoms with Crippen molar-refractivity contribution in [3.63, 3.8) is 0 Å². The van der Waals surface area contributed by atoms with E-state index in [2.05, 4.69) is 6.07 Å². The summed E-state index contributed by atoms with van der Waals surface area (Å²) in [6.45, 7) is 7.56. The van der Waals surface area contributed by atoms with Crippen molar-refractivity contribution < 1.29 is 14.3 Å². The van der Waals surface area contributed by atoms with Crippen molar-refractivity contribution in [1.29, 1.82) is 0 Å². The Morgan fingerprint density at radius 3 is 2.57 bits per heavy atom. The summed E-state index contributed by atoms with van der Waals surface area (Å²) < 4.78 is 6.01. The molecule has 5 heteroatoms. The zero-order valence-electron chi connectivity index (χ0n) is 18.0. The lowest BCUT2D eigenvalue weighted by Crippen LogP contribution is -2.50. The van der Waals surface area contributed by atoms with Crippen LogP contribution in [-0.2, 0) is 20.9 Å². The van der Waals surface area contributed by atoms with E-state index in [0.717, 1.165) is 23.2 Å². The van der Waals surface area contributed by atoms with Crippen LogP contribution >= 0.6 is 0 Å². The van der Waals surface area contributed by atoms with E-state index in [0.29, 0.717) is 19.8 Å². The minimum Gasteiger partial charge on any atom is -0.376 e. The summed E-state index contributed by atoms with van der Waals surface area (Å²) in [5.74, 6) is 0.179. The Morgan fingerprint density at radius 2 is 1.87 bits per heavy atom. The highest BCUT2D eigenvalue weighted by molar-refractivity contribution is 6.07. The SMILES string of the molecule is CCN(C(=O)CN1C(=O)[C@@]2(COCc3ccccc3)C[C@H]2c2ccccc21)C(C)C. The van der Waals surface area contributed by atoms with E-state index < -0.39 is 5.41 Å². The second kappa shape index (κ2) is 8.23. The lowest BCUT2D eigenvalue weighted by molar-refractivity contribution is -0.134. The van der Waals surface area contributed by atoms with Gasteiger partial charge >= 0.3 is 0 Å². The molecule has 1 heterocycles. The normalized spacial score (nSPS) is 21.9. The number of rotatable bonds is 8. The zero-order chi connectivity index (χ0) is 21.3. The molecular formula is C25H30N2O3. The highest BCUT2D eigenvalue weighted by atomic mass is 16.5. The molecule has 5 nitrogen and oxygen atoms in total. The van der Waals surface area contributed by atoms with Crippen molar-refractivity contribution >= 4 is 17.5 Å². The second-order valence-electron chi connectivity index (χ2n) is 8.61. The third kappa shape index (κ3) is 3.63. The summed E-state index contributed by atoms with van der Waals surface area (Å²) in [5.41, 5.74) is 2.58. The van der Waals surface area contributed by atoms with Gasteiger partial charge in [0.1, 0.15) is 6.54 Å². The van der Waals surface area contributed by atoms with Crippen molar-refractivity contribution in [2.24, 2.45) is 5.41 Å². The van der Waals surface area contributed by atoms with Crippen LogP contribution in [0.25, 0.3) is 0 Å². The average molecular weight is 407 g/mol. The van der Waals surface area contributed by atoms with Crippen LogP contribution in [0.1, 0.15) is 44.2 Å². The van der Waals surface area contributed by atoms with Crippen LogP contribution < -0.4 is 4.90 Å². The average Bonchev–Trinajstić information content (AvgIpc) is 3.48. The molecule has 4 rings (SSSR count). The molecule has 2 aromatic carbocycles. The molecule has 1 fully saturated rings. The predicted molar refractivity (Wildman–Crippen MR) is 117 cm³/mol. The van der Waals surface area contributed by atoms with Gasteiger partial charge in [0.25, 0.3) is 0 Å². The third-order valence-electron chi connectivity index (χ3n) is 6.40. The number of hydrogen-bond donors (Lipinski definition) is 0. The molecule has 0 saturated heterocycles. The molecule has 2 atom stereocenters. The Balaban J connectivity index is 1.54. The Morgan fingerprint density at radius 1 is 1.17 bits per heavy atom. The van der Waals surface area contributed by atoms with Crippen LogP contribution in [-0.4, -0.2) is 42.5 Å². The number of amides is 2. The van der Waals surface area contributed by atoms with E-state index in [1.807, 2.05) is 74.2 Å². The lowest BCUT2D eigenvalue weighted by Gasteiger charge is -2.35. The van der Waals surface area contributed by atoms with Gasteiger partial charge in [-0.2, -0.15) is 0 Å². The summed E-state index contributed by atoms with van der Waals surface area (Å²) in [7, 11) is 0. The molecule has 0 aromatic heterocycles. The molecule has 1 saturated carbocycles. The van der Waals surface area contributed by atoms with Crippen LogP contribution in [0.2, 0.25) is 0 Å². The molecule has 0 radical (unpaired) electrons. The highest BCUT2D eigenvalue weighted by Crippen LogP contribution is 2.65. The molecule has 0 N–H and O–H groups in total. The number of carbonyl (C=O) groups is 2. The van der Waals surface area contributed by atoms with E-state index >= 15 is 0 Å². The molecule has 2 amide bonds. The quantitative estimate of drug-likeness (QED) is 0.666. The molecule has 0 bridgehead atoms. The molecule has 30 heavy (non-hydrogen) atoms. The minimum absolute atomic E-state index is 0.0184. The number of benzene rings is 2. The van der Waals surface area contributed by atoms with E-state index in [4.69, 9.17) is 4.74 Å².